The first-order valence-corrected chi connectivity index (χ1v) is 8.37. The van der Waals surface area contributed by atoms with Gasteiger partial charge in [-0.15, -0.1) is 11.8 Å². The van der Waals surface area contributed by atoms with Gasteiger partial charge in [-0.25, -0.2) is 9.97 Å². The molecule has 0 bridgehead atoms. The maximum atomic E-state index is 10.9. The number of aromatic nitrogens is 2. The van der Waals surface area contributed by atoms with E-state index in [0.29, 0.717) is 22.2 Å². The maximum Gasteiger partial charge on any atom is 0.316 e. The number of benzene rings is 2. The highest BCUT2D eigenvalue weighted by molar-refractivity contribution is 8.00. The zero-order valence-electron chi connectivity index (χ0n) is 12.6. The molecule has 1 aromatic heterocycles. The van der Waals surface area contributed by atoms with Crippen LogP contribution in [0.4, 0.5) is 0 Å². The minimum Gasteiger partial charge on any atom is -0.480 e. The van der Waals surface area contributed by atoms with Gasteiger partial charge in [0, 0.05) is 9.92 Å². The van der Waals surface area contributed by atoms with Crippen LogP contribution in [-0.4, -0.2) is 26.3 Å². The van der Waals surface area contributed by atoms with Crippen LogP contribution in [0.15, 0.2) is 53.6 Å². The van der Waals surface area contributed by atoms with Crippen molar-refractivity contribution in [3.8, 4) is 11.6 Å². The fourth-order valence-electron chi connectivity index (χ4n) is 1.98. The van der Waals surface area contributed by atoms with Gasteiger partial charge in [0.25, 0.3) is 0 Å². The lowest BCUT2D eigenvalue weighted by atomic mass is 10.3. The van der Waals surface area contributed by atoms with Crippen molar-refractivity contribution in [3.05, 3.63) is 53.7 Å². The fourth-order valence-corrected chi connectivity index (χ4v) is 2.95. The molecule has 7 heteroatoms. The van der Waals surface area contributed by atoms with Crippen molar-refractivity contribution < 1.29 is 14.6 Å². The molecular formula is C17H13ClN2O3S. The van der Waals surface area contributed by atoms with Crippen LogP contribution in [0.3, 0.4) is 0 Å². The normalized spacial score (nSPS) is 12.1. The Morgan fingerprint density at radius 3 is 2.67 bits per heavy atom. The molecule has 1 heterocycles. The molecule has 0 spiro atoms. The summed E-state index contributed by atoms with van der Waals surface area (Å²) in [5.41, 5.74) is 1.39. The Hall–Kier alpha value is -2.31. The van der Waals surface area contributed by atoms with E-state index in [9.17, 15) is 4.79 Å². The predicted octanol–water partition coefficient (Wildman–Crippen LogP) is 4.64. The molecule has 0 fully saturated rings. The topological polar surface area (TPSA) is 72.3 Å². The van der Waals surface area contributed by atoms with Crippen molar-refractivity contribution in [1.29, 1.82) is 0 Å². The second kappa shape index (κ2) is 7.07. The highest BCUT2D eigenvalue weighted by Gasteiger charge is 2.12. The number of thioether (sulfide) groups is 1. The Morgan fingerprint density at radius 1 is 1.21 bits per heavy atom. The lowest BCUT2D eigenvalue weighted by molar-refractivity contribution is -0.136. The summed E-state index contributed by atoms with van der Waals surface area (Å²) in [5, 5.41) is 9.01. The van der Waals surface area contributed by atoms with Crippen molar-refractivity contribution in [2.24, 2.45) is 0 Å². The minimum absolute atomic E-state index is 0.365. The van der Waals surface area contributed by atoms with Crippen LogP contribution in [0.5, 0.6) is 11.6 Å². The van der Waals surface area contributed by atoms with Gasteiger partial charge in [-0.2, -0.15) is 0 Å². The Kier molecular flexibility index (Phi) is 4.87. The van der Waals surface area contributed by atoms with Crippen LogP contribution in [0.25, 0.3) is 11.0 Å². The summed E-state index contributed by atoms with van der Waals surface area (Å²) >= 11 is 7.23. The van der Waals surface area contributed by atoms with Crippen LogP contribution >= 0.6 is 23.4 Å². The molecule has 1 N–H and O–H groups in total. The van der Waals surface area contributed by atoms with Gasteiger partial charge in [0.2, 0.25) is 5.88 Å². The van der Waals surface area contributed by atoms with Crippen LogP contribution in [0.2, 0.25) is 5.02 Å². The van der Waals surface area contributed by atoms with E-state index < -0.39 is 11.2 Å². The van der Waals surface area contributed by atoms with Gasteiger partial charge >= 0.3 is 5.97 Å². The summed E-state index contributed by atoms with van der Waals surface area (Å²) in [4.78, 5) is 20.4. The number of carboxylic acids is 1. The van der Waals surface area contributed by atoms with Gasteiger partial charge in [0.05, 0.1) is 17.2 Å². The average Bonchev–Trinajstić information content (AvgIpc) is 2.56. The lowest BCUT2D eigenvalue weighted by Gasteiger charge is -2.08. The highest BCUT2D eigenvalue weighted by Crippen LogP contribution is 2.27. The smallest absolute Gasteiger partial charge is 0.316 e. The van der Waals surface area contributed by atoms with Gasteiger partial charge in [-0.3, -0.25) is 4.79 Å². The van der Waals surface area contributed by atoms with E-state index in [2.05, 4.69) is 9.97 Å². The summed E-state index contributed by atoms with van der Waals surface area (Å²) in [6.45, 7) is 1.65. The summed E-state index contributed by atoms with van der Waals surface area (Å²) in [5.74, 6) is 0.118. The summed E-state index contributed by atoms with van der Waals surface area (Å²) < 4.78 is 5.69. The van der Waals surface area contributed by atoms with Gasteiger partial charge in [-0.1, -0.05) is 11.6 Å². The van der Waals surface area contributed by atoms with Crippen molar-refractivity contribution in [2.45, 2.75) is 17.1 Å². The van der Waals surface area contributed by atoms with E-state index >= 15 is 0 Å². The van der Waals surface area contributed by atoms with E-state index in [4.69, 9.17) is 21.4 Å². The molecule has 3 rings (SSSR count). The van der Waals surface area contributed by atoms with E-state index in [-0.39, 0.29) is 0 Å². The maximum absolute atomic E-state index is 10.9. The van der Waals surface area contributed by atoms with Crippen molar-refractivity contribution in [2.75, 3.05) is 0 Å². The van der Waals surface area contributed by atoms with E-state index in [1.54, 1.807) is 43.5 Å². The minimum atomic E-state index is -0.842. The van der Waals surface area contributed by atoms with Crippen LogP contribution < -0.4 is 4.74 Å². The molecule has 0 amide bonds. The quantitative estimate of drug-likeness (QED) is 0.668. The second-order valence-corrected chi connectivity index (χ2v) is 6.86. The zero-order valence-corrected chi connectivity index (χ0v) is 14.2. The molecule has 1 unspecified atom stereocenters. The third kappa shape index (κ3) is 3.96. The standard InChI is InChI=1S/C17H13ClN2O3S/c1-10(17(21)22)24-13-5-3-12(4-6-13)23-16-9-19-14-7-2-11(18)8-15(14)20-16/h2-10H,1H3,(H,21,22). The van der Waals surface area contributed by atoms with E-state index in [0.717, 1.165) is 10.4 Å². The average molecular weight is 361 g/mol. The second-order valence-electron chi connectivity index (χ2n) is 5.01. The summed E-state index contributed by atoms with van der Waals surface area (Å²) in [6, 6.07) is 12.4. The van der Waals surface area contributed by atoms with Gasteiger partial charge < -0.3 is 9.84 Å². The monoisotopic (exact) mass is 360 g/mol. The first-order chi connectivity index (χ1) is 11.5. The number of rotatable bonds is 5. The van der Waals surface area contributed by atoms with Gasteiger partial charge in [0.1, 0.15) is 11.0 Å². The largest absolute Gasteiger partial charge is 0.480 e. The molecular weight excluding hydrogens is 348 g/mol. The van der Waals surface area contributed by atoms with Crippen molar-refractivity contribution >= 4 is 40.4 Å². The highest BCUT2D eigenvalue weighted by atomic mass is 35.5. The summed E-state index contributed by atoms with van der Waals surface area (Å²) in [7, 11) is 0. The summed E-state index contributed by atoms with van der Waals surface area (Å²) in [6.07, 6.45) is 1.55. The molecule has 0 aliphatic rings. The fraction of sp³-hybridized carbons (Fsp3) is 0.118. The number of aliphatic carboxylic acids is 1. The zero-order chi connectivity index (χ0) is 17.1. The molecule has 1 atom stereocenters. The SMILES string of the molecule is CC(Sc1ccc(Oc2cnc3ccc(Cl)cc3n2)cc1)C(=O)O. The Morgan fingerprint density at radius 2 is 1.96 bits per heavy atom. The Balaban J connectivity index is 1.75. The molecule has 24 heavy (non-hydrogen) atoms. The number of hydrogen-bond donors (Lipinski definition) is 1. The molecule has 0 aliphatic heterocycles. The van der Waals surface area contributed by atoms with E-state index in [1.807, 2.05) is 12.1 Å². The Labute approximate surface area is 147 Å². The molecule has 0 saturated carbocycles. The Bertz CT molecular complexity index is 887. The molecule has 122 valence electrons. The predicted molar refractivity (Wildman–Crippen MR) is 94.0 cm³/mol. The third-order valence-corrected chi connectivity index (χ3v) is 4.52. The molecule has 0 aliphatic carbocycles. The molecule has 3 aromatic rings. The number of carbonyl (C=O) groups is 1. The molecule has 0 saturated heterocycles. The van der Waals surface area contributed by atoms with Crippen LogP contribution in [0.1, 0.15) is 6.92 Å². The number of ether oxygens (including phenoxy) is 1. The third-order valence-electron chi connectivity index (χ3n) is 3.19. The molecule has 2 aromatic carbocycles. The van der Waals surface area contributed by atoms with Gasteiger partial charge in [-0.05, 0) is 49.4 Å². The number of halogens is 1. The lowest BCUT2D eigenvalue weighted by Crippen LogP contribution is -2.10. The molecule has 5 nitrogen and oxygen atoms in total. The van der Waals surface area contributed by atoms with E-state index in [1.165, 1.54) is 11.8 Å². The van der Waals surface area contributed by atoms with Crippen LogP contribution in [-0.2, 0) is 4.79 Å². The first-order valence-electron chi connectivity index (χ1n) is 7.11. The number of carboxylic acid groups (broad SMARTS) is 1. The molecule has 0 radical (unpaired) electrons. The first kappa shape index (κ1) is 16.5. The van der Waals surface area contributed by atoms with Crippen molar-refractivity contribution in [3.63, 3.8) is 0 Å². The number of hydrogen-bond acceptors (Lipinski definition) is 5. The number of fused-ring (bicyclic) bond motifs is 1. The van der Waals surface area contributed by atoms with Crippen molar-refractivity contribution in [1.82, 2.24) is 9.97 Å². The van der Waals surface area contributed by atoms with Gasteiger partial charge in [0.15, 0.2) is 0 Å². The van der Waals surface area contributed by atoms with Crippen LogP contribution in [0, 0.1) is 0 Å². The number of nitrogens with zero attached hydrogens (tertiary/aromatic N) is 2.